The quantitative estimate of drug-likeness (QED) is 0.791. The van der Waals surface area contributed by atoms with Gasteiger partial charge in [0.25, 0.3) is 0 Å². The Bertz CT molecular complexity index is 314. The molecule has 1 rings (SSSR count). The molecule has 1 N–H and O–H groups in total. The van der Waals surface area contributed by atoms with E-state index in [1.54, 1.807) is 4.31 Å². The van der Waals surface area contributed by atoms with Crippen molar-refractivity contribution in [3.05, 3.63) is 0 Å². The largest absolute Gasteiger partial charge is 0.313 e. The molecule has 1 aliphatic heterocycles. The topological polar surface area (TPSA) is 49.4 Å². The van der Waals surface area contributed by atoms with E-state index in [-0.39, 0.29) is 11.8 Å². The van der Waals surface area contributed by atoms with Gasteiger partial charge in [-0.3, -0.25) is 0 Å². The lowest BCUT2D eigenvalue weighted by molar-refractivity contribution is 0.404. The van der Waals surface area contributed by atoms with E-state index in [9.17, 15) is 8.42 Å². The zero-order valence-corrected chi connectivity index (χ0v) is 11.5. The highest BCUT2D eigenvalue weighted by molar-refractivity contribution is 7.89. The number of hydrogen-bond donors (Lipinski definition) is 1. The normalized spacial score (nSPS) is 27.8. The highest BCUT2D eigenvalue weighted by Crippen LogP contribution is 2.25. The van der Waals surface area contributed by atoms with Crippen molar-refractivity contribution in [2.45, 2.75) is 46.2 Å². The summed E-state index contributed by atoms with van der Waals surface area (Å²) in [5.41, 5.74) is 0. The van der Waals surface area contributed by atoms with Crippen LogP contribution in [0.25, 0.3) is 0 Å². The summed E-state index contributed by atoms with van der Waals surface area (Å²) in [6.45, 7) is 9.37. The lowest BCUT2D eigenvalue weighted by Crippen LogP contribution is -2.39. The monoisotopic (exact) mass is 248 g/mol. The minimum Gasteiger partial charge on any atom is -0.313 e. The molecule has 0 radical (unpaired) electrons. The molecule has 16 heavy (non-hydrogen) atoms. The first-order chi connectivity index (χ1) is 7.33. The van der Waals surface area contributed by atoms with Crippen LogP contribution < -0.4 is 5.32 Å². The fourth-order valence-corrected chi connectivity index (χ4v) is 3.97. The standard InChI is InChI=1S/C11H24N2O2S/c1-9(2)12-5-6-16(14,15)13-8-10(3)7-11(13)4/h9-12H,5-8H2,1-4H3. The average molecular weight is 248 g/mol. The summed E-state index contributed by atoms with van der Waals surface area (Å²) in [6.07, 6.45) is 0.983. The second-order valence-electron chi connectivity index (χ2n) is 5.18. The molecular weight excluding hydrogens is 224 g/mol. The Balaban J connectivity index is 2.50. The molecule has 5 heteroatoms. The van der Waals surface area contributed by atoms with Crippen molar-refractivity contribution < 1.29 is 8.42 Å². The van der Waals surface area contributed by atoms with Gasteiger partial charge in [0.1, 0.15) is 0 Å². The van der Waals surface area contributed by atoms with E-state index < -0.39 is 10.0 Å². The Hall–Kier alpha value is -0.130. The summed E-state index contributed by atoms with van der Waals surface area (Å²) < 4.78 is 25.8. The van der Waals surface area contributed by atoms with E-state index >= 15 is 0 Å². The van der Waals surface area contributed by atoms with Crippen molar-refractivity contribution in [3.63, 3.8) is 0 Å². The SMILES string of the molecule is CC1CC(C)N(S(=O)(=O)CCNC(C)C)C1. The lowest BCUT2D eigenvalue weighted by Gasteiger charge is -2.21. The van der Waals surface area contributed by atoms with Crippen LogP contribution in [0.1, 0.15) is 34.1 Å². The van der Waals surface area contributed by atoms with Gasteiger partial charge < -0.3 is 5.32 Å². The van der Waals surface area contributed by atoms with Crippen LogP contribution in [0.4, 0.5) is 0 Å². The third kappa shape index (κ3) is 3.71. The molecule has 0 aromatic rings. The molecule has 1 saturated heterocycles. The van der Waals surface area contributed by atoms with Crippen molar-refractivity contribution in [1.29, 1.82) is 0 Å². The molecule has 4 nitrogen and oxygen atoms in total. The van der Waals surface area contributed by atoms with Gasteiger partial charge >= 0.3 is 0 Å². The summed E-state index contributed by atoms with van der Waals surface area (Å²) in [6, 6.07) is 0.504. The van der Waals surface area contributed by atoms with Gasteiger partial charge in [0.15, 0.2) is 0 Å². The molecule has 0 aliphatic carbocycles. The van der Waals surface area contributed by atoms with Crippen LogP contribution in [-0.4, -0.2) is 43.6 Å². The fraction of sp³-hybridized carbons (Fsp3) is 1.00. The Morgan fingerprint density at radius 1 is 1.38 bits per heavy atom. The zero-order valence-electron chi connectivity index (χ0n) is 10.7. The van der Waals surface area contributed by atoms with E-state index in [1.165, 1.54) is 0 Å². The molecule has 0 aromatic carbocycles. The molecule has 1 aliphatic rings. The van der Waals surface area contributed by atoms with Crippen molar-refractivity contribution >= 4 is 10.0 Å². The van der Waals surface area contributed by atoms with Crippen LogP contribution in [0.5, 0.6) is 0 Å². The molecule has 0 amide bonds. The zero-order chi connectivity index (χ0) is 12.3. The van der Waals surface area contributed by atoms with E-state index in [1.807, 2.05) is 20.8 Å². The number of sulfonamides is 1. The summed E-state index contributed by atoms with van der Waals surface area (Å²) in [5.74, 6) is 0.699. The number of hydrogen-bond acceptors (Lipinski definition) is 3. The van der Waals surface area contributed by atoms with Crippen LogP contribution >= 0.6 is 0 Å². The third-order valence-electron chi connectivity index (χ3n) is 3.00. The maximum atomic E-state index is 12.1. The molecule has 0 spiro atoms. The average Bonchev–Trinajstić information content (AvgIpc) is 2.44. The molecular formula is C11H24N2O2S. The van der Waals surface area contributed by atoms with Gasteiger partial charge in [-0.15, -0.1) is 0 Å². The predicted octanol–water partition coefficient (Wildman–Crippen LogP) is 1.04. The Kier molecular flexibility index (Phi) is 4.76. The van der Waals surface area contributed by atoms with Gasteiger partial charge in [-0.05, 0) is 19.3 Å². The summed E-state index contributed by atoms with van der Waals surface area (Å²) in [4.78, 5) is 0. The van der Waals surface area contributed by atoms with Gasteiger partial charge in [-0.25, -0.2) is 8.42 Å². The molecule has 2 unspecified atom stereocenters. The van der Waals surface area contributed by atoms with Crippen LogP contribution in [0, 0.1) is 5.92 Å². The summed E-state index contributed by atoms with van der Waals surface area (Å²) in [5, 5.41) is 3.15. The number of nitrogens with zero attached hydrogens (tertiary/aromatic N) is 1. The first kappa shape index (κ1) is 13.9. The smallest absolute Gasteiger partial charge is 0.215 e. The Labute approximate surface area is 99.5 Å². The number of rotatable bonds is 5. The number of nitrogens with one attached hydrogen (secondary N) is 1. The third-order valence-corrected chi connectivity index (χ3v) is 4.94. The predicted molar refractivity (Wildman–Crippen MR) is 66.9 cm³/mol. The van der Waals surface area contributed by atoms with Crippen molar-refractivity contribution in [2.24, 2.45) is 5.92 Å². The van der Waals surface area contributed by atoms with Crippen LogP contribution in [-0.2, 0) is 10.0 Å². The van der Waals surface area contributed by atoms with E-state index in [0.29, 0.717) is 25.0 Å². The lowest BCUT2D eigenvalue weighted by atomic mass is 10.1. The second kappa shape index (κ2) is 5.47. The van der Waals surface area contributed by atoms with Gasteiger partial charge in [0.05, 0.1) is 5.75 Å². The maximum absolute atomic E-state index is 12.1. The van der Waals surface area contributed by atoms with Crippen molar-refractivity contribution in [2.75, 3.05) is 18.8 Å². The highest BCUT2D eigenvalue weighted by atomic mass is 32.2. The summed E-state index contributed by atoms with van der Waals surface area (Å²) in [7, 11) is -3.07. The fourth-order valence-electron chi connectivity index (χ4n) is 2.24. The molecule has 96 valence electrons. The minimum absolute atomic E-state index is 0.166. The van der Waals surface area contributed by atoms with E-state index in [0.717, 1.165) is 6.42 Å². The van der Waals surface area contributed by atoms with Gasteiger partial charge in [-0.2, -0.15) is 4.31 Å². The molecule has 1 heterocycles. The summed E-state index contributed by atoms with van der Waals surface area (Å²) >= 11 is 0. The Morgan fingerprint density at radius 2 is 2.00 bits per heavy atom. The molecule has 0 bridgehead atoms. The second-order valence-corrected chi connectivity index (χ2v) is 7.23. The maximum Gasteiger partial charge on any atom is 0.215 e. The molecule has 2 atom stereocenters. The van der Waals surface area contributed by atoms with Crippen LogP contribution in [0.2, 0.25) is 0 Å². The van der Waals surface area contributed by atoms with Crippen molar-refractivity contribution in [3.8, 4) is 0 Å². The molecule has 0 aromatic heterocycles. The molecule has 0 saturated carbocycles. The van der Waals surface area contributed by atoms with Gasteiger partial charge in [0.2, 0.25) is 10.0 Å². The first-order valence-corrected chi connectivity index (χ1v) is 7.66. The van der Waals surface area contributed by atoms with E-state index in [4.69, 9.17) is 0 Å². The highest BCUT2D eigenvalue weighted by Gasteiger charge is 2.34. The van der Waals surface area contributed by atoms with Crippen LogP contribution in [0.15, 0.2) is 0 Å². The van der Waals surface area contributed by atoms with E-state index in [2.05, 4.69) is 12.2 Å². The van der Waals surface area contributed by atoms with Gasteiger partial charge in [-0.1, -0.05) is 20.8 Å². The van der Waals surface area contributed by atoms with Crippen LogP contribution in [0.3, 0.4) is 0 Å². The molecule has 1 fully saturated rings. The minimum atomic E-state index is -3.07. The Morgan fingerprint density at radius 3 is 2.44 bits per heavy atom. The van der Waals surface area contributed by atoms with Crippen molar-refractivity contribution in [1.82, 2.24) is 9.62 Å². The first-order valence-electron chi connectivity index (χ1n) is 6.06. The van der Waals surface area contributed by atoms with Gasteiger partial charge in [0, 0.05) is 25.2 Å².